The fraction of sp³-hybridized carbons (Fsp3) is 0.676. The fourth-order valence-electron chi connectivity index (χ4n) is 4.05. The monoisotopic (exact) mass is 672 g/mol. The molecule has 2 rings (SSSR count). The number of esters is 4. The van der Waals surface area contributed by atoms with E-state index in [1.807, 2.05) is 24.3 Å². The topological polar surface area (TPSA) is 114 Å². The molecule has 0 spiro atoms. The van der Waals surface area contributed by atoms with Crippen molar-refractivity contribution < 1.29 is 42.9 Å². The first kappa shape index (κ1) is 40.0. The quantitative estimate of drug-likeness (QED) is 0.139. The molecular weight excluding hydrogens is 616 g/mol. The Kier molecular flexibility index (Phi) is 12.4. The van der Waals surface area contributed by atoms with E-state index in [0.29, 0.717) is 5.56 Å². The van der Waals surface area contributed by atoms with E-state index in [4.69, 9.17) is 23.7 Å². The summed E-state index contributed by atoms with van der Waals surface area (Å²) in [5.74, 6) is 0.990. The molecule has 0 aromatic heterocycles. The number of rotatable bonds is 6. The lowest BCUT2D eigenvalue weighted by Gasteiger charge is -2.46. The van der Waals surface area contributed by atoms with E-state index in [2.05, 4.69) is 31.1 Å². The van der Waals surface area contributed by atoms with Gasteiger partial charge in [0.25, 0.3) is 0 Å². The smallest absolute Gasteiger partial charge is 0.311 e. The summed E-state index contributed by atoms with van der Waals surface area (Å²) in [5.41, 5.74) is 1.05. The lowest BCUT2D eigenvalue weighted by Crippen LogP contribution is -2.61. The van der Waals surface area contributed by atoms with Crippen LogP contribution in [0, 0.1) is 33.1 Å². The van der Waals surface area contributed by atoms with Crippen molar-refractivity contribution in [3.63, 3.8) is 0 Å². The normalized spacial score (nSPS) is 22.3. The Morgan fingerprint density at radius 1 is 0.681 bits per heavy atom. The van der Waals surface area contributed by atoms with Crippen LogP contribution in [0.1, 0.15) is 100 Å². The van der Waals surface area contributed by atoms with Gasteiger partial charge in [0.2, 0.25) is 0 Å². The predicted molar refractivity (Wildman–Crippen MR) is 183 cm³/mol. The molecule has 5 atom stereocenters. The predicted octanol–water partition coefficient (Wildman–Crippen LogP) is 6.82. The Labute approximate surface area is 282 Å². The lowest BCUT2D eigenvalue weighted by molar-refractivity contribution is -0.262. The van der Waals surface area contributed by atoms with Gasteiger partial charge >= 0.3 is 23.9 Å². The number of benzene rings is 1. The van der Waals surface area contributed by atoms with Gasteiger partial charge in [0.05, 0.1) is 21.7 Å². The zero-order chi connectivity index (χ0) is 36.3. The molecule has 1 aromatic rings. The SMILES string of the molecule is CC(C)(C)C(=O)OC[C@H]1O[C@H](c2cccc(C#C[Si](C)(C)C)c2)[C@@H](OC(=O)C(C)(C)C)[C@H](OC(=O)C(C)(C)C)[C@@H]1OC(=O)C(C)(C)C. The lowest BCUT2D eigenvalue weighted by atomic mass is 9.88. The van der Waals surface area contributed by atoms with Crippen molar-refractivity contribution in [2.24, 2.45) is 21.7 Å². The highest BCUT2D eigenvalue weighted by Crippen LogP contribution is 2.40. The average Bonchev–Trinajstić information content (AvgIpc) is 2.90. The van der Waals surface area contributed by atoms with Crippen molar-refractivity contribution in [2.45, 2.75) is 133 Å². The van der Waals surface area contributed by atoms with Gasteiger partial charge < -0.3 is 23.7 Å². The summed E-state index contributed by atoms with van der Waals surface area (Å²) in [6, 6.07) is 7.36. The summed E-state index contributed by atoms with van der Waals surface area (Å²) < 4.78 is 30.7. The largest absolute Gasteiger partial charge is 0.462 e. The summed E-state index contributed by atoms with van der Waals surface area (Å²) in [4.78, 5) is 53.3. The molecule has 1 heterocycles. The van der Waals surface area contributed by atoms with E-state index in [9.17, 15) is 19.2 Å². The van der Waals surface area contributed by atoms with Gasteiger partial charge in [0.15, 0.2) is 18.3 Å². The number of hydrogen-bond donors (Lipinski definition) is 0. The highest BCUT2D eigenvalue weighted by Gasteiger charge is 2.55. The minimum Gasteiger partial charge on any atom is -0.462 e. The van der Waals surface area contributed by atoms with E-state index in [0.717, 1.165) is 5.56 Å². The summed E-state index contributed by atoms with van der Waals surface area (Å²) in [5, 5.41) is 0. The highest BCUT2D eigenvalue weighted by molar-refractivity contribution is 6.83. The molecule has 0 amide bonds. The summed E-state index contributed by atoms with van der Waals surface area (Å²) >= 11 is 0. The average molecular weight is 673 g/mol. The van der Waals surface area contributed by atoms with Gasteiger partial charge in [-0.3, -0.25) is 19.2 Å². The Bertz CT molecular complexity index is 1370. The van der Waals surface area contributed by atoms with Crippen LogP contribution in [0.15, 0.2) is 24.3 Å². The molecule has 0 unspecified atom stereocenters. The maximum Gasteiger partial charge on any atom is 0.311 e. The number of carbonyl (C=O) groups excluding carboxylic acids is 4. The third-order valence-corrected chi connectivity index (χ3v) is 7.86. The van der Waals surface area contributed by atoms with Crippen molar-refractivity contribution in [3.05, 3.63) is 35.4 Å². The molecule has 0 radical (unpaired) electrons. The van der Waals surface area contributed by atoms with Gasteiger partial charge in [-0.1, -0.05) is 37.7 Å². The number of ether oxygens (including phenoxy) is 5. The molecule has 0 aliphatic carbocycles. The van der Waals surface area contributed by atoms with E-state index in [1.54, 1.807) is 83.1 Å². The second kappa shape index (κ2) is 14.5. The maximum atomic E-state index is 13.5. The van der Waals surface area contributed by atoms with Crippen LogP contribution in [0.4, 0.5) is 0 Å². The first-order valence-corrected chi connectivity index (χ1v) is 19.7. The third kappa shape index (κ3) is 11.8. The Morgan fingerprint density at radius 2 is 1.13 bits per heavy atom. The van der Waals surface area contributed by atoms with Crippen LogP contribution in [-0.4, -0.2) is 63.0 Å². The van der Waals surface area contributed by atoms with Crippen molar-refractivity contribution in [1.82, 2.24) is 0 Å². The fourth-order valence-corrected chi connectivity index (χ4v) is 4.57. The van der Waals surface area contributed by atoms with Crippen molar-refractivity contribution >= 4 is 32.0 Å². The zero-order valence-corrected chi connectivity index (χ0v) is 32.1. The Balaban J connectivity index is 2.85. The number of hydrogen-bond acceptors (Lipinski definition) is 9. The van der Waals surface area contributed by atoms with Gasteiger partial charge in [0.1, 0.15) is 26.9 Å². The van der Waals surface area contributed by atoms with Gasteiger partial charge in [0, 0.05) is 5.56 Å². The molecular formula is C37H56O9Si. The van der Waals surface area contributed by atoms with Gasteiger partial charge in [-0.15, -0.1) is 5.54 Å². The van der Waals surface area contributed by atoms with Crippen LogP contribution < -0.4 is 0 Å². The summed E-state index contributed by atoms with van der Waals surface area (Å²) in [6.45, 7) is 26.6. The minimum absolute atomic E-state index is 0.312. The molecule has 1 aromatic carbocycles. The third-order valence-electron chi connectivity index (χ3n) is 6.99. The maximum absolute atomic E-state index is 13.5. The highest BCUT2D eigenvalue weighted by atomic mass is 28.3. The van der Waals surface area contributed by atoms with Crippen molar-refractivity contribution in [1.29, 1.82) is 0 Å². The molecule has 10 heteroatoms. The van der Waals surface area contributed by atoms with Crippen LogP contribution in [0.3, 0.4) is 0 Å². The molecule has 1 fully saturated rings. The van der Waals surface area contributed by atoms with Crippen molar-refractivity contribution in [3.8, 4) is 11.5 Å². The van der Waals surface area contributed by atoms with Crippen LogP contribution >= 0.6 is 0 Å². The van der Waals surface area contributed by atoms with E-state index >= 15 is 0 Å². The second-order valence-corrected chi connectivity index (χ2v) is 22.2. The molecule has 0 bridgehead atoms. The van der Waals surface area contributed by atoms with E-state index in [-0.39, 0.29) is 6.61 Å². The molecule has 262 valence electrons. The van der Waals surface area contributed by atoms with E-state index in [1.165, 1.54) is 0 Å². The zero-order valence-electron chi connectivity index (χ0n) is 31.1. The first-order chi connectivity index (χ1) is 21.1. The van der Waals surface area contributed by atoms with Gasteiger partial charge in [-0.25, -0.2) is 0 Å². The Morgan fingerprint density at radius 3 is 1.57 bits per heavy atom. The molecule has 47 heavy (non-hydrogen) atoms. The molecule has 0 saturated carbocycles. The van der Waals surface area contributed by atoms with Crippen LogP contribution in [0.25, 0.3) is 0 Å². The Hall–Kier alpha value is -3.16. The molecule has 1 aliphatic rings. The van der Waals surface area contributed by atoms with Crippen LogP contribution in [0.5, 0.6) is 0 Å². The minimum atomic E-state index is -1.71. The summed E-state index contributed by atoms with van der Waals surface area (Å²) in [6.07, 6.45) is -5.93. The van der Waals surface area contributed by atoms with Crippen molar-refractivity contribution in [2.75, 3.05) is 6.61 Å². The summed E-state index contributed by atoms with van der Waals surface area (Å²) in [7, 11) is -1.71. The molecule has 1 aliphatic heterocycles. The second-order valence-electron chi connectivity index (χ2n) is 17.4. The van der Waals surface area contributed by atoms with Gasteiger partial charge in [-0.05, 0) is 101 Å². The van der Waals surface area contributed by atoms with E-state index < -0.39 is 84.1 Å². The van der Waals surface area contributed by atoms with Crippen LogP contribution in [0.2, 0.25) is 19.6 Å². The molecule has 1 saturated heterocycles. The number of carbonyl (C=O) groups is 4. The standard InChI is InChI=1S/C37H56O9Si/c1-34(2,3)30(38)42-22-25-27(44-31(39)35(4,5)6)29(46-33(41)37(10,11)12)28(45-32(40)36(7,8)9)26(43-25)24-18-16-17-23(21-24)19-20-47(13,14)15/h16-18,21,25-29H,22H2,1-15H3/t25-,26-,27-,28-,29-/m1/s1. The van der Waals surface area contributed by atoms with Crippen LogP contribution in [-0.2, 0) is 42.9 Å². The van der Waals surface area contributed by atoms with Gasteiger partial charge in [-0.2, -0.15) is 0 Å². The first-order valence-electron chi connectivity index (χ1n) is 16.2. The molecule has 9 nitrogen and oxygen atoms in total. The molecule has 0 N–H and O–H groups in total.